The van der Waals surface area contributed by atoms with E-state index in [9.17, 15) is 5.26 Å². The molecule has 0 unspecified atom stereocenters. The van der Waals surface area contributed by atoms with Gasteiger partial charge in [-0.1, -0.05) is 0 Å². The van der Waals surface area contributed by atoms with Gasteiger partial charge in [-0.3, -0.25) is 5.01 Å². The Morgan fingerprint density at radius 2 is 2.08 bits per heavy atom. The molecule has 13 heavy (non-hydrogen) atoms. The smallest absolute Gasteiger partial charge is 0.636 e. The number of rotatable bonds is 6. The van der Waals surface area contributed by atoms with E-state index >= 15 is 0 Å². The zero-order valence-corrected chi connectivity index (χ0v) is 10.6. The van der Waals surface area contributed by atoms with Crippen molar-refractivity contribution in [3.05, 3.63) is 0 Å². The number of methoxy groups -OCH3 is 1. The SMILES string of the molecule is COCCN(/N=N/O[O-])C(C)C.[Na+]. The van der Waals surface area contributed by atoms with Crippen LogP contribution in [0.15, 0.2) is 10.5 Å². The summed E-state index contributed by atoms with van der Waals surface area (Å²) in [6.45, 7) is 4.98. The van der Waals surface area contributed by atoms with Gasteiger partial charge in [-0.05, 0) is 19.1 Å². The van der Waals surface area contributed by atoms with Crippen molar-refractivity contribution in [3.8, 4) is 0 Å². The Morgan fingerprint density at radius 1 is 1.46 bits per heavy atom. The summed E-state index contributed by atoms with van der Waals surface area (Å²) in [6, 6.07) is 0.166. The number of hydrogen-bond donors (Lipinski definition) is 0. The van der Waals surface area contributed by atoms with Crippen LogP contribution >= 0.6 is 0 Å². The first-order valence-corrected chi connectivity index (χ1v) is 3.68. The van der Waals surface area contributed by atoms with Crippen LogP contribution in [-0.2, 0) is 9.73 Å². The summed E-state index contributed by atoms with van der Waals surface area (Å²) in [5.41, 5.74) is 0. The number of hydrogen-bond acceptors (Lipinski definition) is 5. The summed E-state index contributed by atoms with van der Waals surface area (Å²) in [6.07, 6.45) is 0. The molecular weight excluding hydrogens is 185 g/mol. The van der Waals surface area contributed by atoms with Crippen molar-refractivity contribution >= 4 is 0 Å². The van der Waals surface area contributed by atoms with E-state index in [1.807, 2.05) is 13.8 Å². The Morgan fingerprint density at radius 3 is 2.46 bits per heavy atom. The molecule has 0 fully saturated rings. The zero-order chi connectivity index (χ0) is 9.40. The van der Waals surface area contributed by atoms with Crippen LogP contribution in [0, 0.1) is 0 Å². The van der Waals surface area contributed by atoms with E-state index in [0.29, 0.717) is 13.2 Å². The molecule has 0 heterocycles. The van der Waals surface area contributed by atoms with Crippen LogP contribution in [0.5, 0.6) is 0 Å². The third-order valence-corrected chi connectivity index (χ3v) is 1.31. The summed E-state index contributed by atoms with van der Waals surface area (Å²) in [4.78, 5) is 3.23. The van der Waals surface area contributed by atoms with Crippen LogP contribution in [0.2, 0.25) is 0 Å². The Kier molecular flexibility index (Phi) is 12.2. The second-order valence-corrected chi connectivity index (χ2v) is 2.50. The van der Waals surface area contributed by atoms with E-state index in [1.165, 1.54) is 0 Å². The maximum absolute atomic E-state index is 9.51. The quantitative estimate of drug-likeness (QED) is 0.197. The molecule has 72 valence electrons. The molecule has 0 spiro atoms. The van der Waals surface area contributed by atoms with Crippen LogP contribution in [0.4, 0.5) is 0 Å². The van der Waals surface area contributed by atoms with Gasteiger partial charge in [0.2, 0.25) is 0 Å². The summed E-state index contributed by atoms with van der Waals surface area (Å²) in [5.74, 6) is 0. The van der Waals surface area contributed by atoms with Crippen molar-refractivity contribution in [3.63, 3.8) is 0 Å². The van der Waals surface area contributed by atoms with Crippen LogP contribution in [-0.4, -0.2) is 31.3 Å². The van der Waals surface area contributed by atoms with Crippen LogP contribution in [0.25, 0.3) is 0 Å². The molecule has 0 radical (unpaired) electrons. The molecular formula is C6H14N3NaO3. The second-order valence-electron chi connectivity index (χ2n) is 2.50. The van der Waals surface area contributed by atoms with Crippen molar-refractivity contribution in [2.75, 3.05) is 20.3 Å². The molecule has 0 aliphatic heterocycles. The fourth-order valence-electron chi connectivity index (χ4n) is 0.653. The Hall–Kier alpha value is 0.120. The third kappa shape index (κ3) is 8.45. The van der Waals surface area contributed by atoms with E-state index in [2.05, 4.69) is 15.5 Å². The molecule has 0 aromatic heterocycles. The standard InChI is InChI=1S/C6H15N3O3.Na/c1-6(2)9(4-5-11-3)7-8-12-10;/h6,10H,4-5H2,1-3H3;/q;+1/p-1/b8-7+;. The normalized spacial score (nSPS) is 10.2. The van der Waals surface area contributed by atoms with Crippen molar-refractivity contribution in [1.29, 1.82) is 0 Å². The topological polar surface area (TPSA) is 69.5 Å². The van der Waals surface area contributed by atoms with Gasteiger partial charge in [-0.2, -0.15) is 0 Å². The molecule has 0 aliphatic rings. The molecule has 0 aliphatic carbocycles. The van der Waals surface area contributed by atoms with E-state index in [-0.39, 0.29) is 35.6 Å². The molecule has 0 aromatic rings. The van der Waals surface area contributed by atoms with Crippen LogP contribution in [0.3, 0.4) is 0 Å². The molecule has 0 aromatic carbocycles. The van der Waals surface area contributed by atoms with Crippen molar-refractivity contribution in [1.82, 2.24) is 5.01 Å². The average molecular weight is 199 g/mol. The third-order valence-electron chi connectivity index (χ3n) is 1.31. The van der Waals surface area contributed by atoms with Gasteiger partial charge in [0.25, 0.3) is 0 Å². The van der Waals surface area contributed by atoms with Gasteiger partial charge >= 0.3 is 29.6 Å². The predicted molar refractivity (Wildman–Crippen MR) is 39.7 cm³/mol. The number of ether oxygens (including phenoxy) is 1. The van der Waals surface area contributed by atoms with Gasteiger partial charge < -0.3 is 15.0 Å². The first kappa shape index (κ1) is 15.6. The first-order chi connectivity index (χ1) is 5.72. The number of nitrogens with zero attached hydrogens (tertiary/aromatic N) is 3. The van der Waals surface area contributed by atoms with E-state index in [0.717, 1.165) is 0 Å². The Balaban J connectivity index is 0. The molecule has 0 atom stereocenters. The molecule has 0 saturated carbocycles. The van der Waals surface area contributed by atoms with E-state index < -0.39 is 0 Å². The average Bonchev–Trinajstić information content (AvgIpc) is 2.04. The van der Waals surface area contributed by atoms with Gasteiger partial charge in [-0.25, -0.2) is 0 Å². The largest absolute Gasteiger partial charge is 1.00 e. The fourth-order valence-corrected chi connectivity index (χ4v) is 0.653. The molecule has 7 heteroatoms. The summed E-state index contributed by atoms with van der Waals surface area (Å²) < 4.78 is 4.84. The first-order valence-electron chi connectivity index (χ1n) is 3.68. The van der Waals surface area contributed by atoms with E-state index in [1.54, 1.807) is 12.1 Å². The molecule has 6 nitrogen and oxygen atoms in total. The van der Waals surface area contributed by atoms with Gasteiger partial charge in [0.05, 0.1) is 13.2 Å². The van der Waals surface area contributed by atoms with Crippen molar-refractivity contribution in [2.45, 2.75) is 19.9 Å². The Labute approximate surface area is 100 Å². The fraction of sp³-hybridized carbons (Fsp3) is 1.00. The van der Waals surface area contributed by atoms with E-state index in [4.69, 9.17) is 4.74 Å². The molecule has 0 rings (SSSR count). The zero-order valence-electron chi connectivity index (χ0n) is 8.56. The molecule has 0 saturated heterocycles. The van der Waals surface area contributed by atoms with Crippen LogP contribution < -0.4 is 34.8 Å². The van der Waals surface area contributed by atoms with Gasteiger partial charge in [0, 0.05) is 18.4 Å². The maximum atomic E-state index is 9.51. The minimum absolute atomic E-state index is 0. The monoisotopic (exact) mass is 199 g/mol. The van der Waals surface area contributed by atoms with Gasteiger partial charge in [0.1, 0.15) is 0 Å². The maximum Gasteiger partial charge on any atom is 1.00 e. The predicted octanol–water partition coefficient (Wildman–Crippen LogP) is -3.08. The second kappa shape index (κ2) is 10.2. The minimum Gasteiger partial charge on any atom is -0.636 e. The molecule has 0 bridgehead atoms. The summed E-state index contributed by atoms with van der Waals surface area (Å²) in [7, 11) is 1.60. The van der Waals surface area contributed by atoms with Gasteiger partial charge in [-0.15, -0.1) is 0 Å². The van der Waals surface area contributed by atoms with Crippen molar-refractivity contribution in [2.24, 2.45) is 10.5 Å². The molecule has 0 N–H and O–H groups in total. The van der Waals surface area contributed by atoms with Crippen molar-refractivity contribution < 1.29 is 44.5 Å². The van der Waals surface area contributed by atoms with Crippen LogP contribution in [0.1, 0.15) is 13.8 Å². The van der Waals surface area contributed by atoms with Gasteiger partial charge in [0.15, 0.2) is 0 Å². The summed E-state index contributed by atoms with van der Waals surface area (Å²) in [5, 5.41) is 17.5. The minimum atomic E-state index is 0. The summed E-state index contributed by atoms with van der Waals surface area (Å²) >= 11 is 0. The Bertz CT molecular complexity index is 134. The molecule has 0 amide bonds.